The van der Waals surface area contributed by atoms with Gasteiger partial charge in [-0.3, -0.25) is 20.4 Å². The van der Waals surface area contributed by atoms with Gasteiger partial charge in [-0.05, 0) is 45.9 Å². The number of benzene rings is 1. The van der Waals surface area contributed by atoms with E-state index in [1.807, 2.05) is 19.1 Å². The maximum absolute atomic E-state index is 12.0. The lowest BCUT2D eigenvalue weighted by Crippen LogP contribution is -2.47. The molecule has 23 heavy (non-hydrogen) atoms. The number of rotatable bonds is 4. The minimum Gasteiger partial charge on any atom is -0.481 e. The van der Waals surface area contributed by atoms with E-state index < -0.39 is 17.9 Å². The van der Waals surface area contributed by atoms with E-state index in [4.69, 9.17) is 9.15 Å². The number of amides is 2. The molecule has 0 bridgehead atoms. The van der Waals surface area contributed by atoms with Gasteiger partial charge in [-0.25, -0.2) is 0 Å². The molecule has 1 aromatic heterocycles. The van der Waals surface area contributed by atoms with Gasteiger partial charge in [-0.15, -0.1) is 0 Å². The van der Waals surface area contributed by atoms with Gasteiger partial charge >= 0.3 is 0 Å². The van der Waals surface area contributed by atoms with Crippen LogP contribution in [-0.2, 0) is 4.79 Å². The van der Waals surface area contributed by atoms with Crippen LogP contribution in [0, 0.1) is 20.8 Å². The largest absolute Gasteiger partial charge is 0.481 e. The zero-order valence-corrected chi connectivity index (χ0v) is 13.6. The van der Waals surface area contributed by atoms with E-state index in [0.29, 0.717) is 22.8 Å². The minimum atomic E-state index is -0.745. The Morgan fingerprint density at radius 3 is 2.30 bits per heavy atom. The summed E-state index contributed by atoms with van der Waals surface area (Å²) in [4.78, 5) is 23.9. The van der Waals surface area contributed by atoms with E-state index in [-0.39, 0.29) is 0 Å². The van der Waals surface area contributed by atoms with Gasteiger partial charge in [0.2, 0.25) is 0 Å². The molecule has 2 amide bonds. The molecule has 0 aliphatic heterocycles. The second-order valence-corrected chi connectivity index (χ2v) is 5.34. The second-order valence-electron chi connectivity index (χ2n) is 5.34. The maximum atomic E-state index is 12.0. The third kappa shape index (κ3) is 4.35. The molecule has 6 heteroatoms. The average Bonchev–Trinajstić information content (AvgIpc) is 2.85. The molecular formula is C17H20N2O4. The highest BCUT2D eigenvalue weighted by Gasteiger charge is 2.18. The maximum Gasteiger partial charge on any atom is 0.279 e. The molecule has 0 saturated heterocycles. The fourth-order valence-corrected chi connectivity index (χ4v) is 2.02. The summed E-state index contributed by atoms with van der Waals surface area (Å²) in [5.74, 6) is 0.839. The molecule has 1 atom stereocenters. The SMILES string of the molecule is Cc1ccc(OC(C)C(=O)NNC(=O)c2cc(C)oc2C)cc1. The van der Waals surface area contributed by atoms with E-state index in [2.05, 4.69) is 10.9 Å². The van der Waals surface area contributed by atoms with Crippen LogP contribution in [0.25, 0.3) is 0 Å². The van der Waals surface area contributed by atoms with Gasteiger partial charge < -0.3 is 9.15 Å². The standard InChI is InChI=1S/C17H20N2O4/c1-10-5-7-14(8-6-10)23-13(4)16(20)18-19-17(21)15-9-11(2)22-12(15)3/h5-9,13H,1-4H3,(H,18,20)(H,19,21). The molecule has 0 saturated carbocycles. The van der Waals surface area contributed by atoms with Crippen molar-refractivity contribution in [2.75, 3.05) is 0 Å². The number of ether oxygens (including phenoxy) is 1. The predicted molar refractivity (Wildman–Crippen MR) is 85.1 cm³/mol. The van der Waals surface area contributed by atoms with Gasteiger partial charge in [0, 0.05) is 0 Å². The Balaban J connectivity index is 1.87. The normalized spacial score (nSPS) is 11.7. The van der Waals surface area contributed by atoms with Crippen molar-refractivity contribution in [3.8, 4) is 5.75 Å². The lowest BCUT2D eigenvalue weighted by molar-refractivity contribution is -0.128. The Morgan fingerprint density at radius 2 is 1.74 bits per heavy atom. The number of carbonyl (C=O) groups excluding carboxylic acids is 2. The highest BCUT2D eigenvalue weighted by molar-refractivity contribution is 5.96. The number of aryl methyl sites for hydroxylation is 3. The minimum absolute atomic E-state index is 0.384. The molecule has 2 N–H and O–H groups in total. The molecule has 0 aliphatic rings. The van der Waals surface area contributed by atoms with Crippen LogP contribution in [0.15, 0.2) is 34.7 Å². The molecular weight excluding hydrogens is 296 g/mol. The van der Waals surface area contributed by atoms with Crippen LogP contribution in [0.5, 0.6) is 5.75 Å². The summed E-state index contributed by atoms with van der Waals surface area (Å²) in [6.07, 6.45) is -0.745. The number of carbonyl (C=O) groups is 2. The first kappa shape index (κ1) is 16.6. The summed E-state index contributed by atoms with van der Waals surface area (Å²) in [7, 11) is 0. The topological polar surface area (TPSA) is 80.6 Å². The first-order valence-electron chi connectivity index (χ1n) is 7.27. The molecule has 2 aromatic rings. The van der Waals surface area contributed by atoms with Crippen LogP contribution < -0.4 is 15.6 Å². The molecule has 2 rings (SSSR count). The molecule has 0 fully saturated rings. The summed E-state index contributed by atoms with van der Waals surface area (Å²) >= 11 is 0. The van der Waals surface area contributed by atoms with Gasteiger partial charge in [-0.2, -0.15) is 0 Å². The lowest BCUT2D eigenvalue weighted by Gasteiger charge is -2.15. The number of nitrogens with one attached hydrogen (secondary N) is 2. The lowest BCUT2D eigenvalue weighted by atomic mass is 10.2. The molecule has 0 spiro atoms. The smallest absolute Gasteiger partial charge is 0.279 e. The van der Waals surface area contributed by atoms with Crippen molar-refractivity contribution < 1.29 is 18.7 Å². The first-order chi connectivity index (χ1) is 10.9. The van der Waals surface area contributed by atoms with Gasteiger partial charge in [0.15, 0.2) is 6.10 Å². The predicted octanol–water partition coefficient (Wildman–Crippen LogP) is 2.43. The van der Waals surface area contributed by atoms with E-state index >= 15 is 0 Å². The average molecular weight is 316 g/mol. The Kier molecular flexibility index (Phi) is 5.05. The van der Waals surface area contributed by atoms with E-state index in [1.165, 1.54) is 0 Å². The van der Waals surface area contributed by atoms with Crippen molar-refractivity contribution in [3.63, 3.8) is 0 Å². The quantitative estimate of drug-likeness (QED) is 0.849. The Hall–Kier alpha value is -2.76. The van der Waals surface area contributed by atoms with Crippen molar-refractivity contribution in [3.05, 3.63) is 53.0 Å². The number of hydrogen-bond acceptors (Lipinski definition) is 4. The molecule has 0 aliphatic carbocycles. The fourth-order valence-electron chi connectivity index (χ4n) is 2.02. The van der Waals surface area contributed by atoms with E-state index in [0.717, 1.165) is 5.56 Å². The molecule has 122 valence electrons. The van der Waals surface area contributed by atoms with Crippen molar-refractivity contribution in [1.29, 1.82) is 0 Å². The van der Waals surface area contributed by atoms with Gasteiger partial charge in [0.1, 0.15) is 17.3 Å². The zero-order valence-electron chi connectivity index (χ0n) is 13.6. The van der Waals surface area contributed by atoms with Gasteiger partial charge in [0.25, 0.3) is 11.8 Å². The van der Waals surface area contributed by atoms with Crippen LogP contribution in [0.4, 0.5) is 0 Å². The number of hydrazine groups is 1. The number of hydrogen-bond donors (Lipinski definition) is 2. The van der Waals surface area contributed by atoms with E-state index in [9.17, 15) is 9.59 Å². The van der Waals surface area contributed by atoms with Crippen LogP contribution in [-0.4, -0.2) is 17.9 Å². The summed E-state index contributed by atoms with van der Waals surface area (Å²) in [6.45, 7) is 7.01. The molecule has 6 nitrogen and oxygen atoms in total. The Bertz CT molecular complexity index is 704. The number of furan rings is 1. The van der Waals surface area contributed by atoms with Crippen molar-refractivity contribution >= 4 is 11.8 Å². The van der Waals surface area contributed by atoms with Crippen molar-refractivity contribution in [1.82, 2.24) is 10.9 Å². The Labute approximate surface area is 134 Å². The summed E-state index contributed by atoms with van der Waals surface area (Å²) < 4.78 is 10.8. The van der Waals surface area contributed by atoms with Crippen molar-refractivity contribution in [2.24, 2.45) is 0 Å². The molecule has 0 radical (unpaired) electrons. The summed E-state index contributed by atoms with van der Waals surface area (Å²) in [6, 6.07) is 8.98. The monoisotopic (exact) mass is 316 g/mol. The molecule has 1 aromatic carbocycles. The third-order valence-corrected chi connectivity index (χ3v) is 3.29. The summed E-state index contributed by atoms with van der Waals surface area (Å²) in [5, 5.41) is 0. The zero-order chi connectivity index (χ0) is 17.0. The van der Waals surface area contributed by atoms with Gasteiger partial charge in [0.05, 0.1) is 5.56 Å². The fraction of sp³-hybridized carbons (Fsp3) is 0.294. The third-order valence-electron chi connectivity index (χ3n) is 3.29. The van der Waals surface area contributed by atoms with Crippen LogP contribution >= 0.6 is 0 Å². The highest BCUT2D eigenvalue weighted by atomic mass is 16.5. The van der Waals surface area contributed by atoms with Gasteiger partial charge in [-0.1, -0.05) is 17.7 Å². The molecule has 1 unspecified atom stereocenters. The Morgan fingerprint density at radius 1 is 1.09 bits per heavy atom. The van der Waals surface area contributed by atoms with Crippen molar-refractivity contribution in [2.45, 2.75) is 33.8 Å². The highest BCUT2D eigenvalue weighted by Crippen LogP contribution is 2.14. The second kappa shape index (κ2) is 7.00. The van der Waals surface area contributed by atoms with E-state index in [1.54, 1.807) is 39.0 Å². The van der Waals surface area contributed by atoms with Crippen LogP contribution in [0.2, 0.25) is 0 Å². The summed E-state index contributed by atoms with van der Waals surface area (Å²) in [5.41, 5.74) is 6.18. The molecule has 1 heterocycles. The van der Waals surface area contributed by atoms with Crippen LogP contribution in [0.3, 0.4) is 0 Å². The van der Waals surface area contributed by atoms with Crippen LogP contribution in [0.1, 0.15) is 34.4 Å². The first-order valence-corrected chi connectivity index (χ1v) is 7.27.